The second kappa shape index (κ2) is 13.6. The number of hydrogen-bond acceptors (Lipinski definition) is 4. The van der Waals surface area contributed by atoms with Gasteiger partial charge in [0.15, 0.2) is 0 Å². The number of halogens is 4. The molecule has 0 spiro atoms. The predicted octanol–water partition coefficient (Wildman–Crippen LogP) is 6.65. The molecule has 7 nitrogen and oxygen atoms in total. The van der Waals surface area contributed by atoms with Crippen molar-refractivity contribution >= 4 is 39.1 Å². The van der Waals surface area contributed by atoms with Crippen molar-refractivity contribution in [2.45, 2.75) is 76.2 Å². The molecule has 1 atom stereocenters. The first-order valence-electron chi connectivity index (χ1n) is 14.3. The number of sulfonamides is 1. The minimum atomic E-state index is -4.87. The maximum atomic E-state index is 14.1. The molecule has 3 aromatic carbocycles. The van der Waals surface area contributed by atoms with E-state index in [1.807, 2.05) is 19.1 Å². The molecule has 44 heavy (non-hydrogen) atoms. The highest BCUT2D eigenvalue weighted by Gasteiger charge is 2.37. The van der Waals surface area contributed by atoms with Gasteiger partial charge in [0.25, 0.3) is 10.0 Å². The average molecular weight is 650 g/mol. The van der Waals surface area contributed by atoms with E-state index in [1.165, 1.54) is 17.0 Å². The van der Waals surface area contributed by atoms with Crippen LogP contribution in [0.1, 0.15) is 54.9 Å². The first-order chi connectivity index (χ1) is 20.7. The molecule has 0 aliphatic heterocycles. The van der Waals surface area contributed by atoms with Gasteiger partial charge in [-0.15, -0.1) is 0 Å². The number of aryl methyl sites for hydroxylation is 2. The number of carbonyl (C=O) groups is 2. The lowest BCUT2D eigenvalue weighted by atomic mass is 10.1. The Kier molecular flexibility index (Phi) is 10.3. The van der Waals surface area contributed by atoms with Crippen molar-refractivity contribution in [1.82, 2.24) is 10.2 Å². The monoisotopic (exact) mass is 649 g/mol. The summed E-state index contributed by atoms with van der Waals surface area (Å²) in [6.45, 7) is 4.29. The highest BCUT2D eigenvalue weighted by atomic mass is 35.5. The summed E-state index contributed by atoms with van der Waals surface area (Å²) in [6, 6.07) is 14.7. The van der Waals surface area contributed by atoms with Crippen molar-refractivity contribution in [1.29, 1.82) is 0 Å². The van der Waals surface area contributed by atoms with Crippen LogP contribution in [0.3, 0.4) is 0 Å². The number of benzene rings is 3. The van der Waals surface area contributed by atoms with Crippen molar-refractivity contribution in [3.8, 4) is 0 Å². The van der Waals surface area contributed by atoms with Crippen LogP contribution in [0, 0.1) is 13.8 Å². The fourth-order valence-corrected chi connectivity index (χ4v) is 6.83. The molecule has 1 fully saturated rings. The summed E-state index contributed by atoms with van der Waals surface area (Å²) in [5.41, 5.74) is 0.721. The van der Waals surface area contributed by atoms with Gasteiger partial charge in [-0.25, -0.2) is 8.42 Å². The highest BCUT2D eigenvalue weighted by Crippen LogP contribution is 2.38. The predicted molar refractivity (Wildman–Crippen MR) is 164 cm³/mol. The van der Waals surface area contributed by atoms with E-state index < -0.39 is 56.9 Å². The number of nitrogens with zero attached hydrogens (tertiary/aromatic N) is 2. The molecule has 12 heteroatoms. The average Bonchev–Trinajstić information content (AvgIpc) is 3.48. The molecule has 1 aliphatic carbocycles. The van der Waals surface area contributed by atoms with Crippen LogP contribution in [0.25, 0.3) is 0 Å². The summed E-state index contributed by atoms with van der Waals surface area (Å²) in [5.74, 6) is -1.15. The third kappa shape index (κ3) is 7.74. The van der Waals surface area contributed by atoms with Gasteiger partial charge in [-0.3, -0.25) is 13.9 Å². The van der Waals surface area contributed by atoms with Gasteiger partial charge in [0.05, 0.1) is 21.2 Å². The van der Waals surface area contributed by atoms with Crippen molar-refractivity contribution < 1.29 is 31.2 Å². The Hall–Kier alpha value is -3.57. The van der Waals surface area contributed by atoms with Crippen LogP contribution < -0.4 is 9.62 Å². The Labute approximate surface area is 261 Å². The molecule has 0 bridgehead atoms. The maximum absolute atomic E-state index is 14.1. The van der Waals surface area contributed by atoms with Gasteiger partial charge in [0.2, 0.25) is 11.8 Å². The van der Waals surface area contributed by atoms with Crippen molar-refractivity contribution in [3.63, 3.8) is 0 Å². The smallest absolute Gasteiger partial charge is 0.352 e. The summed E-state index contributed by atoms with van der Waals surface area (Å²) in [6.07, 6.45) is -1.26. The van der Waals surface area contributed by atoms with Gasteiger partial charge in [0, 0.05) is 12.6 Å². The van der Waals surface area contributed by atoms with Crippen LogP contribution in [0.4, 0.5) is 18.9 Å². The Bertz CT molecular complexity index is 1610. The summed E-state index contributed by atoms with van der Waals surface area (Å²) in [7, 11) is -4.55. The molecule has 1 N–H and O–H groups in total. The fourth-order valence-electron chi connectivity index (χ4n) is 5.20. The summed E-state index contributed by atoms with van der Waals surface area (Å²) < 4.78 is 70.0. The SMILES string of the molecule is Cc1ccc(S(=O)(=O)N(CC(=O)N(Cc2ccccc2C)C(C)C(=O)NC2CCCC2)c2ccc(Cl)c(C(F)(F)F)c2)cc1. The largest absolute Gasteiger partial charge is 0.417 e. The van der Waals surface area contributed by atoms with E-state index in [9.17, 15) is 31.2 Å². The Morgan fingerprint density at radius 1 is 1.00 bits per heavy atom. The van der Waals surface area contributed by atoms with E-state index in [-0.39, 0.29) is 17.5 Å². The third-order valence-corrected chi connectivity index (χ3v) is 10.0. The van der Waals surface area contributed by atoms with E-state index in [1.54, 1.807) is 38.1 Å². The van der Waals surface area contributed by atoms with Gasteiger partial charge in [-0.05, 0) is 75.1 Å². The molecule has 0 saturated heterocycles. The number of nitrogens with one attached hydrogen (secondary N) is 1. The van der Waals surface area contributed by atoms with E-state index in [0.29, 0.717) is 10.4 Å². The van der Waals surface area contributed by atoms with E-state index >= 15 is 0 Å². The van der Waals surface area contributed by atoms with Crippen LogP contribution in [0.15, 0.2) is 71.6 Å². The van der Waals surface area contributed by atoms with Crippen LogP contribution >= 0.6 is 11.6 Å². The normalized spacial score (nSPS) is 14.7. The standard InChI is InChI=1S/C32H35ClF3N3O4S/c1-21-12-15-27(16-13-21)44(42,43)39(26-14-17-29(33)28(18-26)32(34,35)36)20-30(40)38(19-24-9-5-4-8-22(24)2)23(3)31(41)37-25-10-6-7-11-25/h4-5,8-9,12-18,23,25H,6-7,10-11,19-20H2,1-3H3,(H,37,41). The number of hydrogen-bond donors (Lipinski definition) is 1. The van der Waals surface area contributed by atoms with Crippen LogP contribution in [0.2, 0.25) is 5.02 Å². The van der Waals surface area contributed by atoms with E-state index in [4.69, 9.17) is 11.6 Å². The van der Waals surface area contributed by atoms with Gasteiger partial charge in [0.1, 0.15) is 12.6 Å². The van der Waals surface area contributed by atoms with Gasteiger partial charge in [-0.1, -0.05) is 66.4 Å². The quantitative estimate of drug-likeness (QED) is 0.267. The van der Waals surface area contributed by atoms with Gasteiger partial charge >= 0.3 is 6.18 Å². The molecule has 1 saturated carbocycles. The van der Waals surface area contributed by atoms with Crippen LogP contribution in [-0.2, 0) is 32.3 Å². The topological polar surface area (TPSA) is 86.8 Å². The van der Waals surface area contributed by atoms with Crippen LogP contribution in [-0.4, -0.2) is 43.8 Å². The number of alkyl halides is 3. The maximum Gasteiger partial charge on any atom is 0.417 e. The second-order valence-electron chi connectivity index (χ2n) is 11.1. The molecule has 0 radical (unpaired) electrons. The first-order valence-corrected chi connectivity index (χ1v) is 16.1. The number of carbonyl (C=O) groups excluding carboxylic acids is 2. The van der Waals surface area contributed by atoms with E-state index in [2.05, 4.69) is 5.32 Å². The molecule has 4 rings (SSSR count). The second-order valence-corrected chi connectivity index (χ2v) is 13.4. The number of anilines is 1. The van der Waals surface area contributed by atoms with Gasteiger partial charge < -0.3 is 10.2 Å². The minimum Gasteiger partial charge on any atom is -0.352 e. The first kappa shape index (κ1) is 33.3. The number of amides is 2. The third-order valence-electron chi connectivity index (χ3n) is 7.90. The van der Waals surface area contributed by atoms with Gasteiger partial charge in [-0.2, -0.15) is 13.2 Å². The Morgan fingerprint density at radius 2 is 1.64 bits per heavy atom. The number of rotatable bonds is 10. The zero-order valence-electron chi connectivity index (χ0n) is 24.7. The molecule has 3 aromatic rings. The highest BCUT2D eigenvalue weighted by molar-refractivity contribution is 7.92. The molecule has 1 unspecified atom stereocenters. The Balaban J connectivity index is 1.76. The molecular weight excluding hydrogens is 615 g/mol. The minimum absolute atomic E-state index is 0.0163. The fraction of sp³-hybridized carbons (Fsp3) is 0.375. The Morgan fingerprint density at radius 3 is 2.25 bits per heavy atom. The lowest BCUT2D eigenvalue weighted by Crippen LogP contribution is -2.52. The molecule has 236 valence electrons. The molecule has 0 heterocycles. The molecular formula is C32H35ClF3N3O4S. The summed E-state index contributed by atoms with van der Waals surface area (Å²) >= 11 is 5.83. The molecule has 1 aliphatic rings. The molecule has 0 aromatic heterocycles. The lowest BCUT2D eigenvalue weighted by Gasteiger charge is -2.33. The lowest BCUT2D eigenvalue weighted by molar-refractivity contribution is -0.139. The zero-order chi connectivity index (χ0) is 32.2. The zero-order valence-corrected chi connectivity index (χ0v) is 26.3. The van der Waals surface area contributed by atoms with Crippen LogP contribution in [0.5, 0.6) is 0 Å². The van der Waals surface area contributed by atoms with Crippen molar-refractivity contribution in [2.24, 2.45) is 0 Å². The summed E-state index contributed by atoms with van der Waals surface area (Å²) in [5, 5.41) is 2.37. The molecule has 2 amide bonds. The summed E-state index contributed by atoms with van der Waals surface area (Å²) in [4.78, 5) is 28.5. The van der Waals surface area contributed by atoms with Crippen molar-refractivity contribution in [2.75, 3.05) is 10.8 Å². The van der Waals surface area contributed by atoms with E-state index in [0.717, 1.165) is 54.5 Å². The van der Waals surface area contributed by atoms with Crippen molar-refractivity contribution in [3.05, 3.63) is 94.0 Å².